The van der Waals surface area contributed by atoms with Crippen molar-refractivity contribution in [3.05, 3.63) is 30.1 Å². The molecule has 2 aliphatic rings. The first kappa shape index (κ1) is 18.1. The zero-order chi connectivity index (χ0) is 17.9. The Hall–Kier alpha value is -1.67. The van der Waals surface area contributed by atoms with E-state index in [1.165, 1.54) is 4.90 Å². The highest BCUT2D eigenvalue weighted by Gasteiger charge is 2.34. The number of halogens is 3. The monoisotopic (exact) mass is 356 g/mol. The van der Waals surface area contributed by atoms with E-state index in [0.29, 0.717) is 44.6 Å². The Bertz CT molecular complexity index is 573. The van der Waals surface area contributed by atoms with Crippen molar-refractivity contribution in [1.29, 1.82) is 0 Å². The first-order valence-corrected chi connectivity index (χ1v) is 8.65. The molecule has 0 aliphatic carbocycles. The van der Waals surface area contributed by atoms with Gasteiger partial charge in [-0.2, -0.15) is 13.2 Å². The SMILES string of the molecule is O=C(c1ccncc1)N1CC[C@H](NC2CCN(CC(F)(F)F)CC2)C1. The molecule has 1 atom stereocenters. The van der Waals surface area contributed by atoms with Crippen LogP contribution in [0.2, 0.25) is 0 Å². The maximum atomic E-state index is 12.4. The van der Waals surface area contributed by atoms with Crippen LogP contribution in [-0.4, -0.2) is 71.7 Å². The number of carbonyl (C=O) groups is 1. The van der Waals surface area contributed by atoms with E-state index in [-0.39, 0.29) is 18.0 Å². The number of likely N-dealkylation sites (tertiary alicyclic amines) is 2. The van der Waals surface area contributed by atoms with Crippen molar-refractivity contribution in [2.75, 3.05) is 32.7 Å². The molecule has 25 heavy (non-hydrogen) atoms. The molecule has 8 heteroatoms. The Labute approximate surface area is 145 Å². The third-order valence-electron chi connectivity index (χ3n) is 4.86. The molecule has 0 aromatic carbocycles. The highest BCUT2D eigenvalue weighted by molar-refractivity contribution is 5.94. The molecule has 138 valence electrons. The van der Waals surface area contributed by atoms with Gasteiger partial charge in [-0.3, -0.25) is 14.7 Å². The predicted octanol–water partition coefficient (Wildman–Crippen LogP) is 1.91. The zero-order valence-corrected chi connectivity index (χ0v) is 14.0. The molecule has 3 heterocycles. The zero-order valence-electron chi connectivity index (χ0n) is 14.0. The highest BCUT2D eigenvalue weighted by atomic mass is 19.4. The summed E-state index contributed by atoms with van der Waals surface area (Å²) in [6.45, 7) is 1.44. The Morgan fingerprint density at radius 3 is 2.40 bits per heavy atom. The molecule has 5 nitrogen and oxygen atoms in total. The Balaban J connectivity index is 1.43. The van der Waals surface area contributed by atoms with Crippen molar-refractivity contribution in [1.82, 2.24) is 20.1 Å². The lowest BCUT2D eigenvalue weighted by Crippen LogP contribution is -2.48. The molecule has 2 aliphatic heterocycles. The van der Waals surface area contributed by atoms with Crippen LogP contribution in [0.5, 0.6) is 0 Å². The standard InChI is InChI=1S/C17H23F3N4O/c18-17(19,20)12-23-8-3-14(4-9-23)22-15-5-10-24(11-15)16(25)13-1-6-21-7-2-13/h1-2,6-7,14-15,22H,3-5,8-12H2/t15-/m0/s1. The molecule has 0 saturated carbocycles. The van der Waals surface area contributed by atoms with Gasteiger partial charge in [0, 0.05) is 43.1 Å². The number of rotatable bonds is 4. The summed E-state index contributed by atoms with van der Waals surface area (Å²) in [6.07, 6.45) is 1.39. The van der Waals surface area contributed by atoms with Crippen LogP contribution in [0.1, 0.15) is 29.6 Å². The van der Waals surface area contributed by atoms with E-state index in [0.717, 1.165) is 6.42 Å². The number of amides is 1. The van der Waals surface area contributed by atoms with E-state index in [2.05, 4.69) is 10.3 Å². The number of pyridine rings is 1. The third-order valence-corrected chi connectivity index (χ3v) is 4.86. The van der Waals surface area contributed by atoms with Crippen LogP contribution in [0.3, 0.4) is 0 Å². The van der Waals surface area contributed by atoms with Crippen molar-refractivity contribution < 1.29 is 18.0 Å². The van der Waals surface area contributed by atoms with Gasteiger partial charge in [0.25, 0.3) is 5.91 Å². The maximum Gasteiger partial charge on any atom is 0.401 e. The Morgan fingerprint density at radius 2 is 1.76 bits per heavy atom. The molecule has 0 unspecified atom stereocenters. The van der Waals surface area contributed by atoms with Crippen LogP contribution >= 0.6 is 0 Å². The molecule has 1 aromatic rings. The van der Waals surface area contributed by atoms with Crippen LogP contribution < -0.4 is 5.32 Å². The largest absolute Gasteiger partial charge is 0.401 e. The average molecular weight is 356 g/mol. The van der Waals surface area contributed by atoms with Crippen LogP contribution in [0.15, 0.2) is 24.5 Å². The summed E-state index contributed by atoms with van der Waals surface area (Å²) in [4.78, 5) is 19.6. The topological polar surface area (TPSA) is 48.5 Å². The molecule has 0 spiro atoms. The summed E-state index contributed by atoms with van der Waals surface area (Å²) in [7, 11) is 0. The second-order valence-corrected chi connectivity index (χ2v) is 6.80. The molecule has 1 aromatic heterocycles. The Kier molecular flexibility index (Phi) is 5.58. The number of aromatic nitrogens is 1. The quantitative estimate of drug-likeness (QED) is 0.895. The van der Waals surface area contributed by atoms with Gasteiger partial charge < -0.3 is 10.2 Å². The first-order chi connectivity index (χ1) is 11.9. The summed E-state index contributed by atoms with van der Waals surface area (Å²) >= 11 is 0. The fourth-order valence-electron chi connectivity index (χ4n) is 3.60. The van der Waals surface area contributed by atoms with Gasteiger partial charge in [0.2, 0.25) is 0 Å². The number of nitrogens with zero attached hydrogens (tertiary/aromatic N) is 3. The molecular formula is C17H23F3N4O. The van der Waals surface area contributed by atoms with Gasteiger partial charge in [0.05, 0.1) is 6.54 Å². The number of alkyl halides is 3. The molecule has 0 bridgehead atoms. The molecule has 2 fully saturated rings. The molecule has 0 radical (unpaired) electrons. The first-order valence-electron chi connectivity index (χ1n) is 8.65. The lowest BCUT2D eigenvalue weighted by Gasteiger charge is -2.34. The molecule has 1 N–H and O–H groups in total. The number of piperidine rings is 1. The van der Waals surface area contributed by atoms with Gasteiger partial charge in [-0.15, -0.1) is 0 Å². The van der Waals surface area contributed by atoms with Gasteiger partial charge in [-0.05, 0) is 44.5 Å². The minimum absolute atomic E-state index is 0.00620. The van der Waals surface area contributed by atoms with E-state index in [4.69, 9.17) is 0 Å². The van der Waals surface area contributed by atoms with E-state index in [1.807, 2.05) is 4.90 Å². The predicted molar refractivity (Wildman–Crippen MR) is 87.2 cm³/mol. The van der Waals surface area contributed by atoms with E-state index in [1.54, 1.807) is 24.5 Å². The minimum atomic E-state index is -4.13. The van der Waals surface area contributed by atoms with Crippen molar-refractivity contribution >= 4 is 5.91 Å². The molecule has 3 rings (SSSR count). The third kappa shape index (κ3) is 5.15. The lowest BCUT2D eigenvalue weighted by molar-refractivity contribution is -0.148. The number of hydrogen-bond donors (Lipinski definition) is 1. The molecule has 1 amide bonds. The van der Waals surface area contributed by atoms with Crippen molar-refractivity contribution in [2.24, 2.45) is 0 Å². The van der Waals surface area contributed by atoms with E-state index in [9.17, 15) is 18.0 Å². The van der Waals surface area contributed by atoms with Crippen LogP contribution in [0.25, 0.3) is 0 Å². The summed E-state index contributed by atoms with van der Waals surface area (Å²) in [5.74, 6) is 0.00620. The van der Waals surface area contributed by atoms with Crippen LogP contribution in [-0.2, 0) is 0 Å². The highest BCUT2D eigenvalue weighted by Crippen LogP contribution is 2.21. The summed E-state index contributed by atoms with van der Waals surface area (Å²) in [6, 6.07) is 3.86. The average Bonchev–Trinajstić information content (AvgIpc) is 3.04. The summed E-state index contributed by atoms with van der Waals surface area (Å²) in [5, 5.41) is 3.52. The molecule has 2 saturated heterocycles. The fourth-order valence-corrected chi connectivity index (χ4v) is 3.60. The van der Waals surface area contributed by atoms with Gasteiger partial charge in [-0.1, -0.05) is 0 Å². The van der Waals surface area contributed by atoms with Crippen LogP contribution in [0.4, 0.5) is 13.2 Å². The number of hydrogen-bond acceptors (Lipinski definition) is 4. The van der Waals surface area contributed by atoms with Crippen molar-refractivity contribution in [3.8, 4) is 0 Å². The normalized spacial score (nSPS) is 23.2. The Morgan fingerprint density at radius 1 is 1.12 bits per heavy atom. The smallest absolute Gasteiger partial charge is 0.337 e. The van der Waals surface area contributed by atoms with Gasteiger partial charge in [0.1, 0.15) is 0 Å². The van der Waals surface area contributed by atoms with Crippen molar-refractivity contribution in [2.45, 2.75) is 37.5 Å². The summed E-state index contributed by atoms with van der Waals surface area (Å²) < 4.78 is 37.3. The second-order valence-electron chi connectivity index (χ2n) is 6.80. The second kappa shape index (κ2) is 7.70. The number of carbonyl (C=O) groups excluding carboxylic acids is 1. The fraction of sp³-hybridized carbons (Fsp3) is 0.647. The van der Waals surface area contributed by atoms with E-state index >= 15 is 0 Å². The summed E-state index contributed by atoms with van der Waals surface area (Å²) in [5.41, 5.74) is 0.635. The van der Waals surface area contributed by atoms with Gasteiger partial charge >= 0.3 is 6.18 Å². The van der Waals surface area contributed by atoms with Crippen LogP contribution in [0, 0.1) is 0 Å². The van der Waals surface area contributed by atoms with E-state index < -0.39 is 12.7 Å². The van der Waals surface area contributed by atoms with Gasteiger partial charge in [-0.25, -0.2) is 0 Å². The lowest BCUT2D eigenvalue weighted by atomic mass is 10.0. The number of nitrogens with one attached hydrogen (secondary N) is 1. The molecular weight excluding hydrogens is 333 g/mol. The minimum Gasteiger partial charge on any atom is -0.337 e. The van der Waals surface area contributed by atoms with Crippen molar-refractivity contribution in [3.63, 3.8) is 0 Å². The van der Waals surface area contributed by atoms with Gasteiger partial charge in [0.15, 0.2) is 0 Å². The maximum absolute atomic E-state index is 12.4.